The zero-order valence-electron chi connectivity index (χ0n) is 9.28. The average molecular weight is 209 g/mol. The fourth-order valence-electron chi connectivity index (χ4n) is 2.05. The van der Waals surface area contributed by atoms with E-state index in [-0.39, 0.29) is 0 Å². The monoisotopic (exact) mass is 209 g/mol. The lowest BCUT2D eigenvalue weighted by molar-refractivity contribution is 0.211. The van der Waals surface area contributed by atoms with Gasteiger partial charge in [-0.3, -0.25) is 0 Å². The molecule has 0 saturated carbocycles. The Labute approximate surface area is 90.5 Å². The Morgan fingerprint density at radius 2 is 2.27 bits per heavy atom. The van der Waals surface area contributed by atoms with E-state index in [0.717, 1.165) is 24.0 Å². The third-order valence-electron chi connectivity index (χ3n) is 3.10. The molecule has 0 atom stereocenters. The van der Waals surface area contributed by atoms with Crippen LogP contribution in [0.2, 0.25) is 0 Å². The summed E-state index contributed by atoms with van der Waals surface area (Å²) in [6, 6.07) is 0. The van der Waals surface area contributed by atoms with Crippen molar-refractivity contribution in [3.05, 3.63) is 17.8 Å². The number of aromatic nitrogens is 1. The number of nitrogens with two attached hydrogens (primary N) is 1. The summed E-state index contributed by atoms with van der Waals surface area (Å²) in [4.78, 5) is 6.61. The van der Waals surface area contributed by atoms with Crippen LogP contribution in [-0.4, -0.2) is 30.0 Å². The molecule has 15 heavy (non-hydrogen) atoms. The average Bonchev–Trinajstić information content (AvgIpc) is 2.69. The first-order valence-corrected chi connectivity index (χ1v) is 5.60. The van der Waals surface area contributed by atoms with Crippen molar-refractivity contribution in [2.24, 2.45) is 11.7 Å². The molecule has 0 unspecified atom stereocenters. The predicted molar refractivity (Wildman–Crippen MR) is 58.3 cm³/mol. The topological polar surface area (TPSA) is 55.3 Å². The van der Waals surface area contributed by atoms with Gasteiger partial charge < -0.3 is 15.1 Å². The molecule has 0 amide bonds. The Bertz CT molecular complexity index is 303. The maximum atomic E-state index is 5.51. The van der Waals surface area contributed by atoms with Gasteiger partial charge in [-0.1, -0.05) is 0 Å². The molecule has 4 heteroatoms. The lowest BCUT2D eigenvalue weighted by Gasteiger charge is -2.28. The van der Waals surface area contributed by atoms with Gasteiger partial charge in [0.2, 0.25) is 0 Å². The molecule has 1 saturated heterocycles. The van der Waals surface area contributed by atoms with Crippen molar-refractivity contribution < 1.29 is 4.42 Å². The van der Waals surface area contributed by atoms with E-state index in [1.807, 2.05) is 0 Å². The normalized spacial score (nSPS) is 19.6. The third kappa shape index (κ3) is 2.79. The second-order valence-corrected chi connectivity index (χ2v) is 4.38. The van der Waals surface area contributed by atoms with Crippen LogP contribution in [0.1, 0.15) is 24.5 Å². The van der Waals surface area contributed by atoms with E-state index in [0.29, 0.717) is 6.54 Å². The number of likely N-dealkylation sites (tertiary alicyclic amines) is 1. The van der Waals surface area contributed by atoms with E-state index < -0.39 is 0 Å². The lowest BCUT2D eigenvalue weighted by Crippen LogP contribution is -2.30. The van der Waals surface area contributed by atoms with Crippen LogP contribution >= 0.6 is 0 Å². The van der Waals surface area contributed by atoms with Crippen LogP contribution in [0.15, 0.2) is 10.6 Å². The molecule has 1 aliphatic heterocycles. The Kier molecular flexibility index (Phi) is 3.38. The largest absolute Gasteiger partial charge is 0.444 e. The van der Waals surface area contributed by atoms with Crippen LogP contribution in [0.5, 0.6) is 0 Å². The van der Waals surface area contributed by atoms with Crippen molar-refractivity contribution in [1.82, 2.24) is 9.88 Å². The van der Waals surface area contributed by atoms with Gasteiger partial charge in [-0.25, -0.2) is 4.98 Å². The van der Waals surface area contributed by atoms with Gasteiger partial charge in [0.15, 0.2) is 5.89 Å². The molecule has 84 valence electrons. The molecular weight excluding hydrogens is 190 g/mol. The maximum Gasteiger partial charge on any atom is 0.194 e. The van der Waals surface area contributed by atoms with Crippen molar-refractivity contribution in [2.45, 2.75) is 25.8 Å². The quantitative estimate of drug-likeness (QED) is 0.807. The molecular formula is C11H19N3O. The zero-order valence-corrected chi connectivity index (χ0v) is 9.28. The van der Waals surface area contributed by atoms with Gasteiger partial charge in [-0.2, -0.15) is 0 Å². The number of nitrogens with zero attached hydrogens (tertiary/aromatic N) is 2. The number of oxazole rings is 1. The summed E-state index contributed by atoms with van der Waals surface area (Å²) in [5.41, 5.74) is 5.47. The van der Waals surface area contributed by atoms with Crippen molar-refractivity contribution in [3.63, 3.8) is 0 Å². The SMILES string of the molecule is CN1CCC(Cc2ncc(CN)o2)CC1. The standard InChI is InChI=1S/C11H19N3O/c1-14-4-2-9(3-5-14)6-11-13-8-10(7-12)15-11/h8-9H,2-7,12H2,1H3. The highest BCUT2D eigenvalue weighted by atomic mass is 16.4. The molecule has 1 aliphatic rings. The number of rotatable bonds is 3. The predicted octanol–water partition coefficient (Wildman–Crippen LogP) is 1.02. The second-order valence-electron chi connectivity index (χ2n) is 4.38. The fraction of sp³-hybridized carbons (Fsp3) is 0.727. The van der Waals surface area contributed by atoms with Crippen LogP contribution in [0.25, 0.3) is 0 Å². The highest BCUT2D eigenvalue weighted by molar-refractivity contribution is 4.94. The summed E-state index contributed by atoms with van der Waals surface area (Å²) in [6.07, 6.45) is 5.20. The Balaban J connectivity index is 1.86. The Hall–Kier alpha value is -0.870. The summed E-state index contributed by atoms with van der Waals surface area (Å²) in [5, 5.41) is 0. The van der Waals surface area contributed by atoms with Crippen LogP contribution in [0, 0.1) is 5.92 Å². The molecule has 2 N–H and O–H groups in total. The van der Waals surface area contributed by atoms with Gasteiger partial charge in [0.1, 0.15) is 5.76 Å². The van der Waals surface area contributed by atoms with Crippen LogP contribution in [0.3, 0.4) is 0 Å². The first-order valence-electron chi connectivity index (χ1n) is 5.60. The molecule has 1 aromatic rings. The van der Waals surface area contributed by atoms with Gasteiger partial charge >= 0.3 is 0 Å². The highest BCUT2D eigenvalue weighted by Gasteiger charge is 2.18. The minimum Gasteiger partial charge on any atom is -0.444 e. The fourth-order valence-corrected chi connectivity index (χ4v) is 2.05. The second kappa shape index (κ2) is 4.77. The minimum atomic E-state index is 0.445. The molecule has 0 bridgehead atoms. The zero-order chi connectivity index (χ0) is 10.7. The summed E-state index contributed by atoms with van der Waals surface area (Å²) >= 11 is 0. The minimum absolute atomic E-state index is 0.445. The van der Waals surface area contributed by atoms with Crippen LogP contribution < -0.4 is 5.73 Å². The van der Waals surface area contributed by atoms with E-state index in [1.165, 1.54) is 25.9 Å². The highest BCUT2D eigenvalue weighted by Crippen LogP contribution is 2.20. The van der Waals surface area contributed by atoms with Crippen molar-refractivity contribution >= 4 is 0 Å². The summed E-state index contributed by atoms with van der Waals surface area (Å²) in [7, 11) is 2.17. The molecule has 2 heterocycles. The third-order valence-corrected chi connectivity index (χ3v) is 3.10. The molecule has 4 nitrogen and oxygen atoms in total. The first-order chi connectivity index (χ1) is 7.28. The first kappa shape index (κ1) is 10.6. The van der Waals surface area contributed by atoms with Gasteiger partial charge in [-0.05, 0) is 38.9 Å². The van der Waals surface area contributed by atoms with Crippen molar-refractivity contribution in [1.29, 1.82) is 0 Å². The lowest BCUT2D eigenvalue weighted by atomic mass is 9.94. The van der Waals surface area contributed by atoms with E-state index in [4.69, 9.17) is 10.2 Å². The summed E-state index contributed by atoms with van der Waals surface area (Å²) < 4.78 is 5.51. The van der Waals surface area contributed by atoms with Crippen LogP contribution in [-0.2, 0) is 13.0 Å². The van der Waals surface area contributed by atoms with E-state index >= 15 is 0 Å². The molecule has 1 aromatic heterocycles. The number of hydrogen-bond acceptors (Lipinski definition) is 4. The van der Waals surface area contributed by atoms with E-state index in [2.05, 4.69) is 16.9 Å². The van der Waals surface area contributed by atoms with Crippen molar-refractivity contribution in [3.8, 4) is 0 Å². The van der Waals surface area contributed by atoms with Gasteiger partial charge in [0, 0.05) is 6.42 Å². The molecule has 1 fully saturated rings. The maximum absolute atomic E-state index is 5.51. The smallest absolute Gasteiger partial charge is 0.194 e. The molecule has 0 aliphatic carbocycles. The molecule has 0 radical (unpaired) electrons. The van der Waals surface area contributed by atoms with E-state index in [1.54, 1.807) is 6.20 Å². The van der Waals surface area contributed by atoms with E-state index in [9.17, 15) is 0 Å². The molecule has 0 spiro atoms. The summed E-state index contributed by atoms with van der Waals surface area (Å²) in [6.45, 7) is 2.82. The van der Waals surface area contributed by atoms with Crippen LogP contribution in [0.4, 0.5) is 0 Å². The van der Waals surface area contributed by atoms with Gasteiger partial charge in [-0.15, -0.1) is 0 Å². The number of hydrogen-bond donors (Lipinski definition) is 1. The van der Waals surface area contributed by atoms with Crippen molar-refractivity contribution in [2.75, 3.05) is 20.1 Å². The van der Waals surface area contributed by atoms with Gasteiger partial charge in [0.25, 0.3) is 0 Å². The molecule has 0 aromatic carbocycles. The Morgan fingerprint density at radius 3 is 2.87 bits per heavy atom. The Morgan fingerprint density at radius 1 is 1.53 bits per heavy atom. The van der Waals surface area contributed by atoms with Gasteiger partial charge in [0.05, 0.1) is 12.7 Å². The number of piperidine rings is 1. The molecule has 2 rings (SSSR count). The summed E-state index contributed by atoms with van der Waals surface area (Å²) in [5.74, 6) is 2.37.